The van der Waals surface area contributed by atoms with E-state index in [-0.39, 0.29) is 5.75 Å². The van der Waals surface area contributed by atoms with E-state index < -0.39 is 9.84 Å². The topological polar surface area (TPSA) is 85.1 Å². The number of benzene rings is 2. The lowest BCUT2D eigenvalue weighted by Gasteiger charge is -2.09. The summed E-state index contributed by atoms with van der Waals surface area (Å²) in [4.78, 5) is 4.38. The first-order chi connectivity index (χ1) is 11.9. The van der Waals surface area contributed by atoms with Crippen LogP contribution in [0.5, 0.6) is 0 Å². The molecule has 0 aliphatic carbocycles. The predicted octanol–water partition coefficient (Wildman–Crippen LogP) is 3.20. The predicted molar refractivity (Wildman–Crippen MR) is 96.8 cm³/mol. The Balaban J connectivity index is 1.73. The molecule has 0 bridgehead atoms. The fourth-order valence-electron chi connectivity index (χ4n) is 2.50. The number of aromatic nitrogens is 2. The van der Waals surface area contributed by atoms with Gasteiger partial charge in [0.2, 0.25) is 11.7 Å². The van der Waals surface area contributed by atoms with E-state index in [1.54, 1.807) is 6.07 Å². The number of nitrogens with zero attached hydrogens (tertiary/aromatic N) is 2. The molecular weight excluding hydrogens is 338 g/mol. The van der Waals surface area contributed by atoms with Gasteiger partial charge in [-0.15, -0.1) is 0 Å². The highest BCUT2D eigenvalue weighted by molar-refractivity contribution is 7.89. The van der Waals surface area contributed by atoms with Crippen LogP contribution in [0, 0.1) is 6.92 Å². The van der Waals surface area contributed by atoms with Crippen LogP contribution in [0.2, 0.25) is 0 Å². The largest absolute Gasteiger partial charge is 0.376 e. The van der Waals surface area contributed by atoms with Crippen molar-refractivity contribution in [2.75, 3.05) is 11.6 Å². The highest BCUT2D eigenvalue weighted by Gasteiger charge is 2.11. The molecule has 0 saturated heterocycles. The number of para-hydroxylation sites is 1. The Labute approximate surface area is 146 Å². The van der Waals surface area contributed by atoms with E-state index in [9.17, 15) is 8.42 Å². The van der Waals surface area contributed by atoms with E-state index in [4.69, 9.17) is 4.52 Å². The van der Waals surface area contributed by atoms with Crippen LogP contribution in [-0.2, 0) is 22.1 Å². The monoisotopic (exact) mass is 357 g/mol. The minimum atomic E-state index is -3.11. The molecule has 0 amide bonds. The number of aryl methyl sites for hydroxylation is 1. The summed E-state index contributed by atoms with van der Waals surface area (Å²) >= 11 is 0. The average molecular weight is 357 g/mol. The molecule has 0 atom stereocenters. The van der Waals surface area contributed by atoms with Crippen molar-refractivity contribution in [3.63, 3.8) is 0 Å². The maximum Gasteiger partial charge on any atom is 0.246 e. The molecule has 1 N–H and O–H groups in total. The summed E-state index contributed by atoms with van der Waals surface area (Å²) in [5.74, 6) is 0.949. The molecule has 1 aromatic heterocycles. The molecule has 1 heterocycles. The quantitative estimate of drug-likeness (QED) is 0.729. The first-order valence-corrected chi connectivity index (χ1v) is 9.86. The molecule has 0 aliphatic heterocycles. The number of hydrogen-bond acceptors (Lipinski definition) is 6. The Kier molecular flexibility index (Phi) is 4.85. The molecule has 2 aromatic carbocycles. The van der Waals surface area contributed by atoms with Crippen molar-refractivity contribution >= 4 is 15.5 Å². The van der Waals surface area contributed by atoms with Crippen molar-refractivity contribution in [1.29, 1.82) is 0 Å². The second kappa shape index (κ2) is 7.06. The van der Waals surface area contributed by atoms with E-state index in [0.29, 0.717) is 23.8 Å². The summed E-state index contributed by atoms with van der Waals surface area (Å²) < 4.78 is 28.4. The van der Waals surface area contributed by atoms with Gasteiger partial charge >= 0.3 is 0 Å². The number of rotatable bonds is 6. The van der Waals surface area contributed by atoms with Gasteiger partial charge in [-0.05, 0) is 24.6 Å². The van der Waals surface area contributed by atoms with Crippen LogP contribution in [0.1, 0.15) is 17.0 Å². The van der Waals surface area contributed by atoms with Crippen LogP contribution in [0.15, 0.2) is 53.1 Å². The second-order valence-corrected chi connectivity index (χ2v) is 8.10. The van der Waals surface area contributed by atoms with Crippen molar-refractivity contribution in [2.24, 2.45) is 0 Å². The lowest BCUT2D eigenvalue weighted by atomic mass is 10.1. The Bertz CT molecular complexity index is 980. The third kappa shape index (κ3) is 4.67. The Hall–Kier alpha value is -2.67. The SMILES string of the molecule is Cc1cccc(-c2noc(CNc3ccccc3CS(C)(=O)=O)n2)c1. The zero-order chi connectivity index (χ0) is 17.9. The minimum absolute atomic E-state index is 0.0193. The van der Waals surface area contributed by atoms with Crippen molar-refractivity contribution in [1.82, 2.24) is 10.1 Å². The summed E-state index contributed by atoms with van der Waals surface area (Å²) in [6.45, 7) is 2.32. The van der Waals surface area contributed by atoms with Crippen LogP contribution in [0.25, 0.3) is 11.4 Å². The van der Waals surface area contributed by atoms with Gasteiger partial charge in [-0.1, -0.05) is 47.1 Å². The molecule has 0 saturated carbocycles. The molecule has 6 nitrogen and oxygen atoms in total. The van der Waals surface area contributed by atoms with Crippen molar-refractivity contribution in [2.45, 2.75) is 19.2 Å². The van der Waals surface area contributed by atoms with Gasteiger partial charge in [0.15, 0.2) is 9.84 Å². The second-order valence-electron chi connectivity index (χ2n) is 5.96. The zero-order valence-corrected chi connectivity index (χ0v) is 14.9. The van der Waals surface area contributed by atoms with Crippen LogP contribution < -0.4 is 5.32 Å². The molecule has 0 radical (unpaired) electrons. The third-order valence-electron chi connectivity index (χ3n) is 3.61. The Morgan fingerprint density at radius 1 is 1.12 bits per heavy atom. The van der Waals surface area contributed by atoms with Gasteiger partial charge in [-0.2, -0.15) is 4.98 Å². The normalized spacial score (nSPS) is 11.4. The van der Waals surface area contributed by atoms with Gasteiger partial charge in [0, 0.05) is 17.5 Å². The molecule has 0 unspecified atom stereocenters. The molecule has 0 fully saturated rings. The summed E-state index contributed by atoms with van der Waals surface area (Å²) in [6.07, 6.45) is 1.22. The summed E-state index contributed by atoms with van der Waals surface area (Å²) in [5.41, 5.74) is 3.47. The van der Waals surface area contributed by atoms with E-state index in [2.05, 4.69) is 15.5 Å². The Morgan fingerprint density at radius 3 is 2.68 bits per heavy atom. The van der Waals surface area contributed by atoms with Gasteiger partial charge in [-0.3, -0.25) is 0 Å². The average Bonchev–Trinajstić information content (AvgIpc) is 3.02. The van der Waals surface area contributed by atoms with Crippen LogP contribution >= 0.6 is 0 Å². The van der Waals surface area contributed by atoms with E-state index in [1.807, 2.05) is 49.4 Å². The highest BCUT2D eigenvalue weighted by atomic mass is 32.2. The first-order valence-electron chi connectivity index (χ1n) is 7.80. The molecule has 0 spiro atoms. The summed E-state index contributed by atoms with van der Waals surface area (Å²) in [7, 11) is -3.11. The van der Waals surface area contributed by atoms with Crippen LogP contribution in [0.4, 0.5) is 5.69 Å². The van der Waals surface area contributed by atoms with Gasteiger partial charge in [0.25, 0.3) is 0 Å². The first kappa shape index (κ1) is 17.2. The van der Waals surface area contributed by atoms with Gasteiger partial charge in [-0.25, -0.2) is 8.42 Å². The highest BCUT2D eigenvalue weighted by Crippen LogP contribution is 2.20. The lowest BCUT2D eigenvalue weighted by Crippen LogP contribution is -2.06. The number of nitrogens with one attached hydrogen (secondary N) is 1. The molecule has 130 valence electrons. The van der Waals surface area contributed by atoms with Crippen molar-refractivity contribution < 1.29 is 12.9 Å². The van der Waals surface area contributed by atoms with Crippen LogP contribution in [0.3, 0.4) is 0 Å². The fraction of sp³-hybridized carbons (Fsp3) is 0.222. The summed E-state index contributed by atoms with van der Waals surface area (Å²) in [6, 6.07) is 15.1. The molecule has 3 rings (SSSR count). The number of hydrogen-bond donors (Lipinski definition) is 1. The number of sulfone groups is 1. The van der Waals surface area contributed by atoms with E-state index in [1.165, 1.54) is 6.26 Å². The number of anilines is 1. The van der Waals surface area contributed by atoms with E-state index in [0.717, 1.165) is 16.8 Å². The Morgan fingerprint density at radius 2 is 1.92 bits per heavy atom. The maximum atomic E-state index is 11.5. The van der Waals surface area contributed by atoms with E-state index >= 15 is 0 Å². The van der Waals surface area contributed by atoms with Gasteiger partial charge in [0.1, 0.15) is 0 Å². The molecule has 25 heavy (non-hydrogen) atoms. The smallest absolute Gasteiger partial charge is 0.246 e. The standard InChI is InChI=1S/C18H19N3O3S/c1-13-6-5-8-14(10-13)18-20-17(24-21-18)11-19-16-9-4-3-7-15(16)12-25(2,22)23/h3-10,19H,11-12H2,1-2H3. The molecule has 3 aromatic rings. The summed E-state index contributed by atoms with van der Waals surface area (Å²) in [5, 5.41) is 7.17. The molecule has 7 heteroatoms. The minimum Gasteiger partial charge on any atom is -0.376 e. The zero-order valence-electron chi connectivity index (χ0n) is 14.1. The van der Waals surface area contributed by atoms with Gasteiger partial charge in [0.05, 0.1) is 12.3 Å². The molecule has 0 aliphatic rings. The van der Waals surface area contributed by atoms with Crippen molar-refractivity contribution in [3.05, 3.63) is 65.5 Å². The van der Waals surface area contributed by atoms with Gasteiger partial charge < -0.3 is 9.84 Å². The lowest BCUT2D eigenvalue weighted by molar-refractivity contribution is 0.384. The van der Waals surface area contributed by atoms with Crippen molar-refractivity contribution in [3.8, 4) is 11.4 Å². The molecular formula is C18H19N3O3S. The third-order valence-corrected chi connectivity index (χ3v) is 4.44. The fourth-order valence-corrected chi connectivity index (χ4v) is 3.32. The maximum absolute atomic E-state index is 11.5. The van der Waals surface area contributed by atoms with Crippen LogP contribution in [-0.4, -0.2) is 24.8 Å².